The average molecular weight is 310 g/mol. The minimum absolute atomic E-state index is 0.136. The van der Waals surface area contributed by atoms with Crippen LogP contribution >= 0.6 is 0 Å². The molecule has 0 atom stereocenters. The number of rotatable bonds is 3. The molecule has 0 aromatic carbocycles. The molecule has 3 aromatic heterocycles. The molecule has 7 nitrogen and oxygen atoms in total. The van der Waals surface area contributed by atoms with Gasteiger partial charge in [-0.3, -0.25) is 9.48 Å². The smallest absolute Gasteiger partial charge is 0.254 e. The number of aryl methyl sites for hydroxylation is 2. The maximum atomic E-state index is 12.5. The van der Waals surface area contributed by atoms with Crippen LogP contribution in [0.1, 0.15) is 40.2 Å². The molecule has 0 unspecified atom stereocenters. The van der Waals surface area contributed by atoms with E-state index in [-0.39, 0.29) is 5.91 Å². The first-order valence-electron chi connectivity index (χ1n) is 7.85. The van der Waals surface area contributed by atoms with E-state index in [9.17, 15) is 4.79 Å². The molecule has 4 rings (SSSR count). The summed E-state index contributed by atoms with van der Waals surface area (Å²) in [5.74, 6) is -0.136. The van der Waals surface area contributed by atoms with Gasteiger partial charge in [0.15, 0.2) is 5.65 Å². The Morgan fingerprint density at radius 3 is 3.13 bits per heavy atom. The van der Waals surface area contributed by atoms with Crippen LogP contribution in [-0.4, -0.2) is 30.3 Å². The normalized spacial score (nSPS) is 14.0. The summed E-state index contributed by atoms with van der Waals surface area (Å²) in [5.41, 5.74) is 4.42. The minimum Gasteiger partial charge on any atom is -0.348 e. The third kappa shape index (κ3) is 2.38. The van der Waals surface area contributed by atoms with Crippen molar-refractivity contribution in [1.82, 2.24) is 29.7 Å². The van der Waals surface area contributed by atoms with Crippen LogP contribution < -0.4 is 5.32 Å². The van der Waals surface area contributed by atoms with Gasteiger partial charge in [0.1, 0.15) is 0 Å². The molecular formula is C16H18N6O. The summed E-state index contributed by atoms with van der Waals surface area (Å²) in [5, 5.41) is 11.6. The van der Waals surface area contributed by atoms with Crippen LogP contribution in [0.3, 0.4) is 0 Å². The molecular weight excluding hydrogens is 292 g/mol. The monoisotopic (exact) mass is 310 g/mol. The van der Waals surface area contributed by atoms with Gasteiger partial charge in [-0.05, 0) is 26.2 Å². The predicted octanol–water partition coefficient (Wildman–Crippen LogP) is 1.50. The fraction of sp³-hybridized carbons (Fsp3) is 0.375. The van der Waals surface area contributed by atoms with Gasteiger partial charge in [-0.25, -0.2) is 9.50 Å². The third-order valence-corrected chi connectivity index (χ3v) is 4.41. The lowest BCUT2D eigenvalue weighted by atomic mass is 10.1. The molecule has 118 valence electrons. The van der Waals surface area contributed by atoms with E-state index >= 15 is 0 Å². The Labute approximate surface area is 133 Å². The summed E-state index contributed by atoms with van der Waals surface area (Å²) in [7, 11) is 0. The second-order valence-electron chi connectivity index (χ2n) is 5.84. The molecule has 1 aliphatic heterocycles. The van der Waals surface area contributed by atoms with Crippen molar-refractivity contribution in [1.29, 1.82) is 0 Å². The Morgan fingerprint density at radius 2 is 2.22 bits per heavy atom. The number of nitrogens with one attached hydrogen (secondary N) is 1. The van der Waals surface area contributed by atoms with Crippen molar-refractivity contribution in [3.8, 4) is 0 Å². The largest absolute Gasteiger partial charge is 0.348 e. The molecule has 0 bridgehead atoms. The topological polar surface area (TPSA) is 77.1 Å². The third-order valence-electron chi connectivity index (χ3n) is 4.41. The van der Waals surface area contributed by atoms with Crippen molar-refractivity contribution in [2.75, 3.05) is 0 Å². The number of hydrogen-bond donors (Lipinski definition) is 1. The van der Waals surface area contributed by atoms with Crippen LogP contribution in [0.15, 0.2) is 24.7 Å². The summed E-state index contributed by atoms with van der Waals surface area (Å²) in [6, 6.07) is 1.81. The molecule has 0 aliphatic carbocycles. The zero-order chi connectivity index (χ0) is 15.8. The van der Waals surface area contributed by atoms with Crippen molar-refractivity contribution >= 4 is 11.6 Å². The summed E-state index contributed by atoms with van der Waals surface area (Å²) in [6.07, 6.45) is 8.54. The fourth-order valence-electron chi connectivity index (χ4n) is 3.12. The van der Waals surface area contributed by atoms with Crippen LogP contribution in [0, 0.1) is 6.92 Å². The number of amides is 1. The number of nitrogens with zero attached hydrogens (tertiary/aromatic N) is 5. The fourth-order valence-corrected chi connectivity index (χ4v) is 3.12. The van der Waals surface area contributed by atoms with Crippen LogP contribution in [0.5, 0.6) is 0 Å². The molecule has 1 amide bonds. The van der Waals surface area contributed by atoms with Gasteiger partial charge in [-0.2, -0.15) is 10.2 Å². The zero-order valence-corrected chi connectivity index (χ0v) is 13.0. The average Bonchev–Trinajstić information content (AvgIpc) is 3.20. The van der Waals surface area contributed by atoms with Gasteiger partial charge in [0.05, 0.1) is 23.7 Å². The number of aromatic nitrogens is 5. The quantitative estimate of drug-likeness (QED) is 0.795. The highest BCUT2D eigenvalue weighted by Crippen LogP contribution is 2.18. The Hall–Kier alpha value is -2.70. The molecule has 7 heteroatoms. The van der Waals surface area contributed by atoms with E-state index < -0.39 is 0 Å². The zero-order valence-electron chi connectivity index (χ0n) is 13.0. The van der Waals surface area contributed by atoms with Crippen molar-refractivity contribution < 1.29 is 4.79 Å². The molecule has 0 fully saturated rings. The number of carbonyl (C=O) groups excluding carboxylic acids is 1. The maximum absolute atomic E-state index is 12.5. The number of hydrogen-bond acceptors (Lipinski definition) is 4. The first-order chi connectivity index (χ1) is 11.2. The van der Waals surface area contributed by atoms with E-state index in [4.69, 9.17) is 0 Å². The Morgan fingerprint density at radius 1 is 1.30 bits per heavy atom. The van der Waals surface area contributed by atoms with Crippen molar-refractivity contribution in [3.63, 3.8) is 0 Å². The molecule has 0 saturated carbocycles. The lowest BCUT2D eigenvalue weighted by molar-refractivity contribution is 0.0949. The summed E-state index contributed by atoms with van der Waals surface area (Å²) < 4.78 is 3.73. The number of carbonyl (C=O) groups is 1. The van der Waals surface area contributed by atoms with Gasteiger partial charge in [-0.1, -0.05) is 0 Å². The lowest BCUT2D eigenvalue weighted by Crippen LogP contribution is -2.25. The number of fused-ring (bicyclic) bond motifs is 2. The lowest BCUT2D eigenvalue weighted by Gasteiger charge is -2.15. The van der Waals surface area contributed by atoms with Crippen molar-refractivity contribution in [2.24, 2.45) is 0 Å². The van der Waals surface area contributed by atoms with Crippen LogP contribution in [-0.2, 0) is 19.5 Å². The van der Waals surface area contributed by atoms with E-state index in [2.05, 4.69) is 20.5 Å². The molecule has 1 N–H and O–H groups in total. The standard InChI is InChI=1S/C16H18N6O/c1-11-13(10-17-15-5-6-19-22(11)15)16(23)18-8-12-9-20-21-7-3-2-4-14(12)21/h5-6,9-10H,2-4,7-8H2,1H3,(H,18,23). The molecule has 3 aromatic rings. The molecule has 0 spiro atoms. The van der Waals surface area contributed by atoms with Gasteiger partial charge in [-0.15, -0.1) is 0 Å². The first-order valence-corrected chi connectivity index (χ1v) is 7.85. The molecule has 0 radical (unpaired) electrons. The highest BCUT2D eigenvalue weighted by atomic mass is 16.1. The van der Waals surface area contributed by atoms with E-state index in [1.807, 2.05) is 23.9 Å². The van der Waals surface area contributed by atoms with Crippen LogP contribution in [0.4, 0.5) is 0 Å². The van der Waals surface area contributed by atoms with E-state index in [0.717, 1.165) is 29.9 Å². The van der Waals surface area contributed by atoms with Crippen molar-refractivity contribution in [2.45, 2.75) is 39.3 Å². The van der Waals surface area contributed by atoms with E-state index in [1.54, 1.807) is 16.9 Å². The summed E-state index contributed by atoms with van der Waals surface area (Å²) in [4.78, 5) is 16.7. The minimum atomic E-state index is -0.136. The second kappa shape index (κ2) is 5.49. The SMILES string of the molecule is Cc1c(C(=O)NCc2cnn3c2CCCC3)cnc2ccnn12. The van der Waals surface area contributed by atoms with Gasteiger partial charge in [0, 0.05) is 36.6 Å². The Kier molecular flexibility index (Phi) is 3.33. The van der Waals surface area contributed by atoms with Crippen LogP contribution in [0.2, 0.25) is 0 Å². The van der Waals surface area contributed by atoms with Gasteiger partial charge in [0.25, 0.3) is 5.91 Å². The molecule has 23 heavy (non-hydrogen) atoms. The van der Waals surface area contributed by atoms with Gasteiger partial charge < -0.3 is 5.32 Å². The Balaban J connectivity index is 1.53. The highest BCUT2D eigenvalue weighted by molar-refractivity contribution is 5.95. The predicted molar refractivity (Wildman–Crippen MR) is 84.1 cm³/mol. The highest BCUT2D eigenvalue weighted by Gasteiger charge is 2.17. The maximum Gasteiger partial charge on any atom is 0.254 e. The van der Waals surface area contributed by atoms with Crippen molar-refractivity contribution in [3.05, 3.63) is 47.2 Å². The molecule has 0 saturated heterocycles. The van der Waals surface area contributed by atoms with Gasteiger partial charge >= 0.3 is 0 Å². The van der Waals surface area contributed by atoms with Crippen LogP contribution in [0.25, 0.3) is 5.65 Å². The van der Waals surface area contributed by atoms with E-state index in [0.29, 0.717) is 12.1 Å². The summed E-state index contributed by atoms with van der Waals surface area (Å²) in [6.45, 7) is 3.34. The molecule has 1 aliphatic rings. The Bertz CT molecular complexity index is 878. The molecule has 4 heterocycles. The van der Waals surface area contributed by atoms with E-state index in [1.165, 1.54) is 18.5 Å². The van der Waals surface area contributed by atoms with Gasteiger partial charge in [0.2, 0.25) is 0 Å². The second-order valence-corrected chi connectivity index (χ2v) is 5.84. The first kappa shape index (κ1) is 13.9. The summed E-state index contributed by atoms with van der Waals surface area (Å²) >= 11 is 0.